The third-order valence-electron chi connectivity index (χ3n) is 3.63. The summed E-state index contributed by atoms with van der Waals surface area (Å²) in [6.45, 7) is 15.7. The zero-order chi connectivity index (χ0) is 21.3. The van der Waals surface area contributed by atoms with Gasteiger partial charge in [0.05, 0.1) is 11.5 Å². The van der Waals surface area contributed by atoms with Gasteiger partial charge in [-0.05, 0) is 69.6 Å². The second-order valence-corrected chi connectivity index (χ2v) is 7.35. The van der Waals surface area contributed by atoms with E-state index in [0.717, 1.165) is 22.7 Å². The number of H-pyrrole nitrogens is 1. The molecule has 4 nitrogen and oxygen atoms in total. The Balaban J connectivity index is 0.000000480. The Morgan fingerprint density at radius 1 is 1.29 bits per heavy atom. The average Bonchev–Trinajstić information content (AvgIpc) is 2.93. The van der Waals surface area contributed by atoms with Crippen LogP contribution in [-0.2, 0) is 0 Å². The monoisotopic (exact) mass is 397 g/mol. The van der Waals surface area contributed by atoms with Crippen molar-refractivity contribution in [3.05, 3.63) is 82.1 Å². The van der Waals surface area contributed by atoms with Gasteiger partial charge in [-0.15, -0.1) is 0 Å². The molecule has 2 N–H and O–H groups in total. The third kappa shape index (κ3) is 7.16. The molecular formula is C23H31N3OS. The van der Waals surface area contributed by atoms with Crippen LogP contribution in [0.1, 0.15) is 51.6 Å². The quantitative estimate of drug-likeness (QED) is 0.329. The molecule has 2 rings (SSSR count). The number of hydrogen-bond donors (Lipinski definition) is 2. The Hall–Kier alpha value is -2.66. The van der Waals surface area contributed by atoms with Crippen molar-refractivity contribution in [3.8, 4) is 0 Å². The second-order valence-electron chi connectivity index (χ2n) is 6.97. The summed E-state index contributed by atoms with van der Waals surface area (Å²) in [7, 11) is 0. The molecule has 0 aliphatic carbocycles. The first-order valence-corrected chi connectivity index (χ1v) is 9.69. The summed E-state index contributed by atoms with van der Waals surface area (Å²) in [4.78, 5) is 0. The number of hydrogen-bond acceptors (Lipinski definition) is 3. The summed E-state index contributed by atoms with van der Waals surface area (Å²) >= 11 is 5.40. The molecule has 0 fully saturated rings. The van der Waals surface area contributed by atoms with E-state index in [1.165, 1.54) is 5.56 Å². The van der Waals surface area contributed by atoms with Crippen LogP contribution in [0.15, 0.2) is 60.4 Å². The Morgan fingerprint density at radius 3 is 2.39 bits per heavy atom. The lowest BCUT2D eigenvalue weighted by molar-refractivity contribution is 0.408. The van der Waals surface area contributed by atoms with Gasteiger partial charge in [-0.3, -0.25) is 9.67 Å². The summed E-state index contributed by atoms with van der Waals surface area (Å²) < 4.78 is 2.51. The summed E-state index contributed by atoms with van der Waals surface area (Å²) in [5, 5.41) is 15.7. The van der Waals surface area contributed by atoms with Gasteiger partial charge in [0.2, 0.25) is 0 Å². The third-order valence-corrected chi connectivity index (χ3v) is 3.91. The SMILES string of the molecule is C/C(O)=C\C(C)C.C=C(C)/C=C(\c1ccccc1C)n1c(/C=C/C)n[nH]c1=S. The maximum Gasteiger partial charge on any atom is 0.200 e. The van der Waals surface area contributed by atoms with E-state index in [-0.39, 0.29) is 0 Å². The number of aliphatic hydroxyl groups is 1. The maximum absolute atomic E-state index is 8.58. The summed E-state index contributed by atoms with van der Waals surface area (Å²) in [6, 6.07) is 8.21. The Bertz CT molecular complexity index is 939. The number of benzene rings is 1. The lowest BCUT2D eigenvalue weighted by Crippen LogP contribution is -2.04. The van der Waals surface area contributed by atoms with E-state index in [1.54, 1.807) is 13.0 Å². The lowest BCUT2D eigenvalue weighted by Gasteiger charge is -2.13. The molecule has 0 unspecified atom stereocenters. The van der Waals surface area contributed by atoms with Gasteiger partial charge in [0.15, 0.2) is 10.6 Å². The first-order valence-electron chi connectivity index (χ1n) is 9.28. The molecule has 0 saturated carbocycles. The van der Waals surface area contributed by atoms with Crippen molar-refractivity contribution in [1.82, 2.24) is 14.8 Å². The van der Waals surface area contributed by atoms with Gasteiger partial charge in [-0.25, -0.2) is 0 Å². The molecule has 150 valence electrons. The molecule has 0 aliphatic heterocycles. The molecule has 0 radical (unpaired) electrons. The Kier molecular flexibility index (Phi) is 9.39. The van der Waals surface area contributed by atoms with E-state index in [9.17, 15) is 0 Å². The largest absolute Gasteiger partial charge is 0.513 e. The van der Waals surface area contributed by atoms with Crippen LogP contribution < -0.4 is 0 Å². The Morgan fingerprint density at radius 2 is 1.93 bits per heavy atom. The minimum Gasteiger partial charge on any atom is -0.513 e. The number of nitrogens with zero attached hydrogens (tertiary/aromatic N) is 2. The number of aromatic amines is 1. The highest BCUT2D eigenvalue weighted by molar-refractivity contribution is 7.71. The van der Waals surface area contributed by atoms with Gasteiger partial charge >= 0.3 is 0 Å². The molecule has 1 heterocycles. The summed E-state index contributed by atoms with van der Waals surface area (Å²) in [6.07, 6.45) is 7.70. The number of aryl methyl sites for hydroxylation is 1. The molecule has 0 saturated heterocycles. The van der Waals surface area contributed by atoms with Crippen LogP contribution in [0.2, 0.25) is 0 Å². The van der Waals surface area contributed by atoms with Crippen molar-refractivity contribution in [2.45, 2.75) is 41.5 Å². The van der Waals surface area contributed by atoms with Gasteiger partial charge in [0.1, 0.15) is 0 Å². The zero-order valence-electron chi connectivity index (χ0n) is 17.7. The minimum absolute atomic E-state index is 0.412. The number of rotatable bonds is 5. The maximum atomic E-state index is 8.58. The normalized spacial score (nSPS) is 12.2. The smallest absolute Gasteiger partial charge is 0.200 e. The molecule has 0 bridgehead atoms. The van der Waals surface area contributed by atoms with Gasteiger partial charge in [0.25, 0.3) is 0 Å². The molecule has 0 amide bonds. The fourth-order valence-electron chi connectivity index (χ4n) is 2.64. The number of nitrogens with one attached hydrogen (secondary N) is 1. The van der Waals surface area contributed by atoms with E-state index in [1.807, 2.05) is 62.6 Å². The summed E-state index contributed by atoms with van der Waals surface area (Å²) in [5.74, 6) is 1.65. The van der Waals surface area contributed by atoms with Crippen LogP contribution in [0.4, 0.5) is 0 Å². The van der Waals surface area contributed by atoms with E-state index >= 15 is 0 Å². The Labute approximate surface area is 173 Å². The molecule has 1 aromatic heterocycles. The average molecular weight is 398 g/mol. The van der Waals surface area contributed by atoms with Crippen LogP contribution in [0, 0.1) is 17.6 Å². The zero-order valence-corrected chi connectivity index (χ0v) is 18.5. The first kappa shape index (κ1) is 23.4. The summed E-state index contributed by atoms with van der Waals surface area (Å²) in [5.41, 5.74) is 4.23. The van der Waals surface area contributed by atoms with Gasteiger partial charge in [-0.2, -0.15) is 5.10 Å². The number of aliphatic hydroxyl groups excluding tert-OH is 1. The highest BCUT2D eigenvalue weighted by atomic mass is 32.1. The predicted molar refractivity (Wildman–Crippen MR) is 123 cm³/mol. The van der Waals surface area contributed by atoms with Crippen LogP contribution >= 0.6 is 12.2 Å². The van der Waals surface area contributed by atoms with E-state index in [4.69, 9.17) is 17.3 Å². The number of aromatic nitrogens is 3. The highest BCUT2D eigenvalue weighted by Crippen LogP contribution is 2.24. The first-order chi connectivity index (χ1) is 13.2. The van der Waals surface area contributed by atoms with Crippen molar-refractivity contribution >= 4 is 24.0 Å². The van der Waals surface area contributed by atoms with Crippen molar-refractivity contribution in [2.75, 3.05) is 0 Å². The van der Waals surface area contributed by atoms with Crippen LogP contribution in [-0.4, -0.2) is 19.9 Å². The number of allylic oxidation sites excluding steroid dienone is 5. The van der Waals surface area contributed by atoms with E-state index in [0.29, 0.717) is 16.4 Å². The molecule has 0 aliphatic rings. The topological polar surface area (TPSA) is 53.8 Å². The lowest BCUT2D eigenvalue weighted by atomic mass is 10.0. The molecule has 1 aromatic carbocycles. The van der Waals surface area contributed by atoms with Crippen molar-refractivity contribution in [2.24, 2.45) is 5.92 Å². The van der Waals surface area contributed by atoms with Gasteiger partial charge in [0, 0.05) is 5.56 Å². The fraction of sp³-hybridized carbons (Fsp3) is 0.304. The van der Waals surface area contributed by atoms with Crippen LogP contribution in [0.25, 0.3) is 11.8 Å². The van der Waals surface area contributed by atoms with Crippen LogP contribution in [0.3, 0.4) is 0 Å². The molecule has 28 heavy (non-hydrogen) atoms. The van der Waals surface area contributed by atoms with E-state index in [2.05, 4.69) is 35.8 Å². The highest BCUT2D eigenvalue weighted by Gasteiger charge is 2.12. The molecule has 5 heteroatoms. The minimum atomic E-state index is 0.412. The molecule has 0 spiro atoms. The van der Waals surface area contributed by atoms with Crippen molar-refractivity contribution < 1.29 is 5.11 Å². The molecular weight excluding hydrogens is 366 g/mol. The van der Waals surface area contributed by atoms with Crippen LogP contribution in [0.5, 0.6) is 0 Å². The predicted octanol–water partition coefficient (Wildman–Crippen LogP) is 6.85. The van der Waals surface area contributed by atoms with Gasteiger partial charge < -0.3 is 5.11 Å². The fourth-order valence-corrected chi connectivity index (χ4v) is 2.88. The molecule has 0 atom stereocenters. The second kappa shape index (κ2) is 11.2. The van der Waals surface area contributed by atoms with Crippen molar-refractivity contribution in [3.63, 3.8) is 0 Å². The molecule has 2 aromatic rings. The van der Waals surface area contributed by atoms with Gasteiger partial charge in [-0.1, -0.05) is 56.3 Å². The van der Waals surface area contributed by atoms with Crippen molar-refractivity contribution in [1.29, 1.82) is 0 Å². The van der Waals surface area contributed by atoms with E-state index < -0.39 is 0 Å². The standard InChI is InChI=1S/C17H19N3S.C6H12O/c1-5-8-16-18-19-17(21)20(16)15(11-12(2)3)14-10-7-6-9-13(14)4;1-5(2)4-6(3)7/h5-11H,2H2,1,3-4H3,(H,19,21);4-5,7H,1-3H3/b8-5+,15-11+;6-4+.